The molecule has 1 atom stereocenters. The number of hydrogen-bond donors (Lipinski definition) is 0. The number of ketones is 1. The van der Waals surface area contributed by atoms with Crippen molar-refractivity contribution in [1.29, 1.82) is 0 Å². The number of rotatable bonds is 2. The summed E-state index contributed by atoms with van der Waals surface area (Å²) >= 11 is 0. The third kappa shape index (κ3) is 1.90. The fourth-order valence-electron chi connectivity index (χ4n) is 1.86. The second kappa shape index (κ2) is 3.48. The molecule has 0 bridgehead atoms. The molecule has 1 fully saturated rings. The first-order valence-electron chi connectivity index (χ1n) is 4.58. The molecule has 0 aromatic carbocycles. The summed E-state index contributed by atoms with van der Waals surface area (Å²) in [5.74, 6) is 0.210. The molecule has 0 radical (unpaired) electrons. The van der Waals surface area contributed by atoms with E-state index in [0.29, 0.717) is 12.8 Å². The van der Waals surface area contributed by atoms with Crippen LogP contribution in [0.1, 0.15) is 33.1 Å². The molecule has 0 saturated heterocycles. The lowest BCUT2D eigenvalue weighted by Gasteiger charge is -2.23. The van der Waals surface area contributed by atoms with Crippen LogP contribution < -0.4 is 0 Å². The summed E-state index contributed by atoms with van der Waals surface area (Å²) < 4.78 is 4.59. The van der Waals surface area contributed by atoms with Crippen LogP contribution in [0.2, 0.25) is 0 Å². The van der Waals surface area contributed by atoms with Gasteiger partial charge in [-0.05, 0) is 12.3 Å². The molecule has 0 amide bonds. The van der Waals surface area contributed by atoms with Crippen molar-refractivity contribution in [3.63, 3.8) is 0 Å². The van der Waals surface area contributed by atoms with Gasteiger partial charge in [-0.2, -0.15) is 0 Å². The van der Waals surface area contributed by atoms with E-state index in [2.05, 4.69) is 4.74 Å². The summed E-state index contributed by atoms with van der Waals surface area (Å²) in [5.41, 5.74) is -0.339. The van der Waals surface area contributed by atoms with Crippen LogP contribution in [-0.4, -0.2) is 18.9 Å². The van der Waals surface area contributed by atoms with E-state index in [1.54, 1.807) is 0 Å². The molecule has 3 nitrogen and oxygen atoms in total. The summed E-state index contributed by atoms with van der Waals surface area (Å²) in [6.07, 6.45) is 1.80. The minimum absolute atomic E-state index is 0.160. The molecular weight excluding hydrogens is 168 g/mol. The molecule has 0 heterocycles. The number of hydrogen-bond acceptors (Lipinski definition) is 3. The van der Waals surface area contributed by atoms with Crippen LogP contribution in [0.15, 0.2) is 0 Å². The van der Waals surface area contributed by atoms with Gasteiger partial charge < -0.3 is 4.74 Å². The molecule has 3 heteroatoms. The highest BCUT2D eigenvalue weighted by Crippen LogP contribution is 2.41. The lowest BCUT2D eigenvalue weighted by Crippen LogP contribution is -2.27. The molecule has 0 unspecified atom stereocenters. The van der Waals surface area contributed by atoms with Crippen LogP contribution in [0.3, 0.4) is 0 Å². The second-order valence-corrected chi connectivity index (χ2v) is 4.16. The Hall–Kier alpha value is -0.860. The average Bonchev–Trinajstić information content (AvgIpc) is 2.31. The summed E-state index contributed by atoms with van der Waals surface area (Å²) in [6.45, 7) is 3.83. The molecule has 1 aliphatic carbocycles. The Morgan fingerprint density at radius 1 is 1.62 bits per heavy atom. The lowest BCUT2D eigenvalue weighted by atomic mass is 9.79. The van der Waals surface area contributed by atoms with Gasteiger partial charge >= 0.3 is 5.97 Å². The Balaban J connectivity index is 2.62. The maximum Gasteiger partial charge on any atom is 0.305 e. The molecule has 0 aromatic heterocycles. The molecule has 0 aliphatic heterocycles. The van der Waals surface area contributed by atoms with E-state index < -0.39 is 0 Å². The van der Waals surface area contributed by atoms with Crippen molar-refractivity contribution in [2.45, 2.75) is 33.1 Å². The predicted octanol–water partition coefficient (Wildman–Crippen LogP) is 1.55. The van der Waals surface area contributed by atoms with Crippen LogP contribution in [-0.2, 0) is 14.3 Å². The van der Waals surface area contributed by atoms with Gasteiger partial charge in [0.2, 0.25) is 0 Å². The standard InChI is InChI=1S/C10H16O3/c1-10(2)7(4-5-8(10)11)6-9(12)13-3/h7H,4-6H2,1-3H3/t7-/m1/s1. The molecular formula is C10H16O3. The molecule has 1 aliphatic rings. The van der Waals surface area contributed by atoms with E-state index in [1.165, 1.54) is 7.11 Å². The number of methoxy groups -OCH3 is 1. The number of Topliss-reactive ketones (excluding diaryl/α,β-unsaturated/α-hetero) is 1. The zero-order chi connectivity index (χ0) is 10.1. The summed E-state index contributed by atoms with van der Waals surface area (Å²) in [7, 11) is 1.38. The maximum atomic E-state index is 11.4. The highest BCUT2D eigenvalue weighted by atomic mass is 16.5. The zero-order valence-electron chi connectivity index (χ0n) is 8.42. The number of carbonyl (C=O) groups excluding carboxylic acids is 2. The van der Waals surface area contributed by atoms with E-state index in [0.717, 1.165) is 6.42 Å². The highest BCUT2D eigenvalue weighted by molar-refractivity contribution is 5.87. The number of esters is 1. The molecule has 1 saturated carbocycles. The van der Waals surface area contributed by atoms with Crippen molar-refractivity contribution in [3.8, 4) is 0 Å². The topological polar surface area (TPSA) is 43.4 Å². The molecule has 0 aromatic rings. The smallest absolute Gasteiger partial charge is 0.305 e. The molecule has 0 spiro atoms. The molecule has 13 heavy (non-hydrogen) atoms. The van der Waals surface area contributed by atoms with Gasteiger partial charge in [0.05, 0.1) is 7.11 Å². The zero-order valence-corrected chi connectivity index (χ0v) is 8.42. The Kier molecular flexibility index (Phi) is 2.74. The Morgan fingerprint density at radius 2 is 2.23 bits per heavy atom. The lowest BCUT2D eigenvalue weighted by molar-refractivity contribution is -0.142. The van der Waals surface area contributed by atoms with Crippen molar-refractivity contribution in [3.05, 3.63) is 0 Å². The van der Waals surface area contributed by atoms with Gasteiger partial charge in [0.1, 0.15) is 5.78 Å². The van der Waals surface area contributed by atoms with Crippen LogP contribution in [0.25, 0.3) is 0 Å². The van der Waals surface area contributed by atoms with Crippen molar-refractivity contribution < 1.29 is 14.3 Å². The highest BCUT2D eigenvalue weighted by Gasteiger charge is 2.42. The Bertz CT molecular complexity index is 230. The third-order valence-corrected chi connectivity index (χ3v) is 3.10. The normalized spacial score (nSPS) is 26.1. The monoisotopic (exact) mass is 184 g/mol. The molecule has 0 N–H and O–H groups in total. The maximum absolute atomic E-state index is 11.4. The SMILES string of the molecule is COC(=O)C[C@H]1CCC(=O)C1(C)C. The van der Waals surface area contributed by atoms with Crippen molar-refractivity contribution in [2.75, 3.05) is 7.11 Å². The second-order valence-electron chi connectivity index (χ2n) is 4.16. The number of ether oxygens (including phenoxy) is 1. The van der Waals surface area contributed by atoms with Crippen molar-refractivity contribution >= 4 is 11.8 Å². The fraction of sp³-hybridized carbons (Fsp3) is 0.800. The predicted molar refractivity (Wildman–Crippen MR) is 48.1 cm³/mol. The first-order chi connectivity index (χ1) is 5.98. The average molecular weight is 184 g/mol. The quantitative estimate of drug-likeness (QED) is 0.611. The van der Waals surface area contributed by atoms with Gasteiger partial charge in [-0.1, -0.05) is 13.8 Å². The van der Waals surface area contributed by atoms with Crippen molar-refractivity contribution in [1.82, 2.24) is 0 Å². The fourth-order valence-corrected chi connectivity index (χ4v) is 1.86. The molecule has 74 valence electrons. The van der Waals surface area contributed by atoms with Gasteiger partial charge in [-0.15, -0.1) is 0 Å². The third-order valence-electron chi connectivity index (χ3n) is 3.10. The van der Waals surface area contributed by atoms with E-state index in [-0.39, 0.29) is 23.1 Å². The Morgan fingerprint density at radius 3 is 2.62 bits per heavy atom. The van der Waals surface area contributed by atoms with Gasteiger partial charge in [0.15, 0.2) is 0 Å². The van der Waals surface area contributed by atoms with Gasteiger partial charge in [-0.3, -0.25) is 9.59 Å². The van der Waals surface area contributed by atoms with Crippen LogP contribution in [0, 0.1) is 11.3 Å². The summed E-state index contributed by atoms with van der Waals surface area (Å²) in [5, 5.41) is 0. The van der Waals surface area contributed by atoms with Crippen molar-refractivity contribution in [2.24, 2.45) is 11.3 Å². The van der Waals surface area contributed by atoms with Crippen LogP contribution >= 0.6 is 0 Å². The molecule has 1 rings (SSSR count). The summed E-state index contributed by atoms with van der Waals surface area (Å²) in [4.78, 5) is 22.5. The largest absolute Gasteiger partial charge is 0.469 e. The first-order valence-corrected chi connectivity index (χ1v) is 4.58. The minimum Gasteiger partial charge on any atom is -0.469 e. The van der Waals surface area contributed by atoms with E-state index in [1.807, 2.05) is 13.8 Å². The van der Waals surface area contributed by atoms with Crippen LogP contribution in [0.5, 0.6) is 0 Å². The van der Waals surface area contributed by atoms with E-state index in [4.69, 9.17) is 0 Å². The van der Waals surface area contributed by atoms with E-state index in [9.17, 15) is 9.59 Å². The van der Waals surface area contributed by atoms with Gasteiger partial charge in [0, 0.05) is 18.3 Å². The first kappa shape index (κ1) is 10.2. The Labute approximate surface area is 78.5 Å². The summed E-state index contributed by atoms with van der Waals surface area (Å²) in [6, 6.07) is 0. The number of carbonyl (C=O) groups is 2. The van der Waals surface area contributed by atoms with Gasteiger partial charge in [0.25, 0.3) is 0 Å². The van der Waals surface area contributed by atoms with Crippen LogP contribution in [0.4, 0.5) is 0 Å². The minimum atomic E-state index is -0.339. The van der Waals surface area contributed by atoms with E-state index >= 15 is 0 Å². The van der Waals surface area contributed by atoms with Gasteiger partial charge in [-0.25, -0.2) is 0 Å².